The average molecular weight is 294 g/mol. The van der Waals surface area contributed by atoms with Crippen molar-refractivity contribution in [3.05, 3.63) is 24.7 Å². The second kappa shape index (κ2) is 14.1. The van der Waals surface area contributed by atoms with Crippen molar-refractivity contribution in [2.24, 2.45) is 5.92 Å². The van der Waals surface area contributed by atoms with E-state index in [1.165, 1.54) is 25.0 Å². The Labute approximate surface area is 136 Å². The Morgan fingerprint density at radius 1 is 1.05 bits per heavy atom. The summed E-state index contributed by atoms with van der Waals surface area (Å²) in [5, 5.41) is 3.43. The Morgan fingerprint density at radius 2 is 1.48 bits per heavy atom. The summed E-state index contributed by atoms with van der Waals surface area (Å²) in [5.41, 5.74) is 1.24. The van der Waals surface area contributed by atoms with Gasteiger partial charge < -0.3 is 15.1 Å². The Bertz CT molecular complexity index is 274. The van der Waals surface area contributed by atoms with Crippen LogP contribution >= 0.6 is 0 Å². The lowest BCUT2D eigenvalue weighted by Gasteiger charge is -2.39. The highest BCUT2D eigenvalue weighted by Gasteiger charge is 2.35. The molecule has 0 bridgehead atoms. The van der Waals surface area contributed by atoms with Gasteiger partial charge in [0.25, 0.3) is 0 Å². The molecule has 2 aliphatic rings. The fourth-order valence-corrected chi connectivity index (χ4v) is 2.26. The third-order valence-corrected chi connectivity index (χ3v) is 3.13. The standard InChI is InChI=1S/C10H16N2.C3H9N.2C2H6.B/c1-7-9-5-4-6-10(9)11-8(2)12(7)3;1-4(2)3;2*1-2;/h9-11H,1-2,4-6H2,3H3;1-3H3;2*1-2H3;. The van der Waals surface area contributed by atoms with Crippen LogP contribution in [0.3, 0.4) is 0 Å². The Morgan fingerprint density at radius 3 is 1.90 bits per heavy atom. The monoisotopic (exact) mass is 294 g/mol. The van der Waals surface area contributed by atoms with Crippen molar-refractivity contribution in [1.29, 1.82) is 0 Å². The van der Waals surface area contributed by atoms with E-state index in [-0.39, 0.29) is 8.41 Å². The van der Waals surface area contributed by atoms with Gasteiger partial charge in [0.2, 0.25) is 0 Å². The molecule has 2 unspecified atom stereocenters. The van der Waals surface area contributed by atoms with Crippen molar-refractivity contribution in [2.75, 3.05) is 28.2 Å². The van der Waals surface area contributed by atoms with Crippen molar-refractivity contribution >= 4 is 8.41 Å². The molecule has 2 rings (SSSR count). The molecule has 1 heterocycles. The molecule has 1 N–H and O–H groups in total. The van der Waals surface area contributed by atoms with E-state index in [4.69, 9.17) is 0 Å². The van der Waals surface area contributed by atoms with E-state index in [0.29, 0.717) is 12.0 Å². The van der Waals surface area contributed by atoms with E-state index in [9.17, 15) is 0 Å². The Kier molecular flexibility index (Phi) is 16.8. The molecule has 0 spiro atoms. The number of hydrogen-bond donors (Lipinski definition) is 1. The quantitative estimate of drug-likeness (QED) is 0.690. The first kappa shape index (κ1) is 25.1. The largest absolute Gasteiger partial charge is 0.369 e. The van der Waals surface area contributed by atoms with Gasteiger partial charge in [0.15, 0.2) is 0 Å². The van der Waals surface area contributed by atoms with Crippen LogP contribution in [0.4, 0.5) is 0 Å². The minimum Gasteiger partial charge on any atom is -0.369 e. The number of hydrogen-bond acceptors (Lipinski definition) is 3. The van der Waals surface area contributed by atoms with Crippen LogP contribution in [0.25, 0.3) is 0 Å². The minimum absolute atomic E-state index is 0. The maximum Gasteiger partial charge on any atom is 0.0980 e. The van der Waals surface area contributed by atoms with E-state index in [1.807, 2.05) is 60.8 Å². The lowest BCUT2D eigenvalue weighted by Crippen LogP contribution is -2.45. The van der Waals surface area contributed by atoms with Gasteiger partial charge in [-0.2, -0.15) is 0 Å². The SMILES string of the molecule is C=C1NC2CCCC2C(=C)N1C.CC.CC.CN(C)C.[B]. The fourth-order valence-electron chi connectivity index (χ4n) is 2.26. The fraction of sp³-hybridized carbons (Fsp3) is 0.765. The van der Waals surface area contributed by atoms with Gasteiger partial charge in [-0.05, 0) is 34.0 Å². The zero-order valence-electron chi connectivity index (χ0n) is 15.7. The topological polar surface area (TPSA) is 18.5 Å². The Balaban J connectivity index is -0.000000311. The van der Waals surface area contributed by atoms with E-state index >= 15 is 0 Å². The highest BCUT2D eigenvalue weighted by molar-refractivity contribution is 5.75. The second-order valence-electron chi connectivity index (χ2n) is 5.13. The summed E-state index contributed by atoms with van der Waals surface area (Å²) in [6, 6.07) is 0.612. The van der Waals surface area contributed by atoms with Gasteiger partial charge in [0, 0.05) is 33.1 Å². The molecule has 123 valence electrons. The van der Waals surface area contributed by atoms with Crippen LogP contribution in [0, 0.1) is 5.92 Å². The highest BCUT2D eigenvalue weighted by atomic mass is 15.3. The molecule has 1 saturated carbocycles. The van der Waals surface area contributed by atoms with Crippen LogP contribution in [0.1, 0.15) is 47.0 Å². The maximum atomic E-state index is 4.11. The summed E-state index contributed by atoms with van der Waals surface area (Å²) in [4.78, 5) is 4.08. The number of nitrogens with zero attached hydrogens (tertiary/aromatic N) is 2. The lowest BCUT2D eigenvalue weighted by molar-refractivity contribution is 0.296. The summed E-state index contributed by atoms with van der Waals surface area (Å²) >= 11 is 0. The molecule has 0 amide bonds. The molecule has 1 saturated heterocycles. The summed E-state index contributed by atoms with van der Waals surface area (Å²) in [6.07, 6.45) is 3.88. The van der Waals surface area contributed by atoms with Gasteiger partial charge in [-0.1, -0.05) is 47.3 Å². The molecule has 2 atom stereocenters. The highest BCUT2D eigenvalue weighted by Crippen LogP contribution is 2.36. The van der Waals surface area contributed by atoms with Gasteiger partial charge in [-0.25, -0.2) is 0 Å². The van der Waals surface area contributed by atoms with Gasteiger partial charge in [0.1, 0.15) is 0 Å². The Hall–Kier alpha value is -0.895. The molecule has 4 heteroatoms. The molecule has 1 aliphatic heterocycles. The molecule has 21 heavy (non-hydrogen) atoms. The van der Waals surface area contributed by atoms with Gasteiger partial charge in [-0.15, -0.1) is 0 Å². The van der Waals surface area contributed by atoms with E-state index < -0.39 is 0 Å². The summed E-state index contributed by atoms with van der Waals surface area (Å²) in [7, 11) is 8.03. The van der Waals surface area contributed by atoms with Crippen molar-refractivity contribution in [1.82, 2.24) is 15.1 Å². The maximum absolute atomic E-state index is 4.11. The number of fused-ring (bicyclic) bond motifs is 1. The van der Waals surface area contributed by atoms with Crippen LogP contribution in [0.5, 0.6) is 0 Å². The first-order chi connectivity index (χ1) is 9.43. The third-order valence-electron chi connectivity index (χ3n) is 3.13. The molecule has 3 radical (unpaired) electrons. The molecule has 0 aromatic rings. The molecule has 3 nitrogen and oxygen atoms in total. The molecule has 1 aliphatic carbocycles. The van der Waals surface area contributed by atoms with E-state index in [1.54, 1.807) is 0 Å². The van der Waals surface area contributed by atoms with Crippen LogP contribution < -0.4 is 5.32 Å². The van der Waals surface area contributed by atoms with Crippen LogP contribution in [-0.2, 0) is 0 Å². The van der Waals surface area contributed by atoms with Crippen LogP contribution in [-0.4, -0.2) is 52.4 Å². The minimum atomic E-state index is 0. The first-order valence-corrected chi connectivity index (χ1v) is 7.92. The summed E-state index contributed by atoms with van der Waals surface area (Å²) in [6.45, 7) is 16.1. The number of nitrogens with one attached hydrogen (secondary N) is 1. The molecular weight excluding hydrogens is 257 g/mol. The van der Waals surface area contributed by atoms with E-state index in [0.717, 1.165) is 5.82 Å². The van der Waals surface area contributed by atoms with Gasteiger partial charge >= 0.3 is 0 Å². The van der Waals surface area contributed by atoms with Gasteiger partial charge in [-0.3, -0.25) is 0 Å². The predicted molar refractivity (Wildman–Crippen MR) is 98.4 cm³/mol. The molecule has 0 aromatic heterocycles. The smallest absolute Gasteiger partial charge is 0.0980 e. The lowest BCUT2D eigenvalue weighted by atomic mass is 9.97. The van der Waals surface area contributed by atoms with E-state index in [2.05, 4.69) is 23.4 Å². The normalized spacial score (nSPS) is 22.2. The van der Waals surface area contributed by atoms with Crippen LogP contribution in [0.15, 0.2) is 24.7 Å². The van der Waals surface area contributed by atoms with Crippen LogP contribution in [0.2, 0.25) is 0 Å². The zero-order valence-corrected chi connectivity index (χ0v) is 15.7. The number of rotatable bonds is 0. The summed E-state index contributed by atoms with van der Waals surface area (Å²) in [5.74, 6) is 1.66. The predicted octanol–water partition coefficient (Wildman–Crippen LogP) is 3.52. The average Bonchev–Trinajstić information content (AvgIpc) is 2.88. The van der Waals surface area contributed by atoms with Crippen molar-refractivity contribution in [2.45, 2.75) is 53.0 Å². The molecule has 0 aromatic carbocycles. The van der Waals surface area contributed by atoms with Gasteiger partial charge in [0.05, 0.1) is 5.82 Å². The molecule has 2 fully saturated rings. The van der Waals surface area contributed by atoms with Crippen molar-refractivity contribution in [3.8, 4) is 0 Å². The zero-order chi connectivity index (χ0) is 16.3. The molecular formula is C17H37BN3. The third kappa shape index (κ3) is 8.87. The first-order valence-electron chi connectivity index (χ1n) is 7.92. The summed E-state index contributed by atoms with van der Waals surface area (Å²) < 4.78 is 0. The van der Waals surface area contributed by atoms with Crippen molar-refractivity contribution < 1.29 is 0 Å². The van der Waals surface area contributed by atoms with Crippen molar-refractivity contribution in [3.63, 3.8) is 0 Å². The second-order valence-corrected chi connectivity index (χ2v) is 5.13.